The molecular formula is C21H18N4O5. The van der Waals surface area contributed by atoms with Crippen molar-refractivity contribution in [3.8, 4) is 0 Å². The summed E-state index contributed by atoms with van der Waals surface area (Å²) in [6, 6.07) is 15.6. The van der Waals surface area contributed by atoms with Crippen LogP contribution in [0.2, 0.25) is 0 Å². The Morgan fingerprint density at radius 1 is 0.967 bits per heavy atom. The SMILES string of the molecule is O=C(/C=C/c1ccc([N+](=O)[O-])cc1)Nc1ccc(NC(=O)NCc2ccco2)cc1. The Labute approximate surface area is 171 Å². The van der Waals surface area contributed by atoms with Crippen molar-refractivity contribution in [2.24, 2.45) is 0 Å². The van der Waals surface area contributed by atoms with Crippen LogP contribution in [0.25, 0.3) is 6.08 Å². The van der Waals surface area contributed by atoms with E-state index in [4.69, 9.17) is 4.42 Å². The molecule has 0 aliphatic rings. The summed E-state index contributed by atoms with van der Waals surface area (Å²) in [7, 11) is 0. The van der Waals surface area contributed by atoms with Gasteiger partial charge in [0.25, 0.3) is 5.69 Å². The van der Waals surface area contributed by atoms with Gasteiger partial charge in [-0.3, -0.25) is 14.9 Å². The van der Waals surface area contributed by atoms with Crippen molar-refractivity contribution in [3.63, 3.8) is 0 Å². The summed E-state index contributed by atoms with van der Waals surface area (Å²) in [5, 5.41) is 18.7. The van der Waals surface area contributed by atoms with E-state index in [1.54, 1.807) is 54.6 Å². The number of carbonyl (C=O) groups is 2. The molecule has 0 spiro atoms. The average molecular weight is 406 g/mol. The highest BCUT2D eigenvalue weighted by molar-refractivity contribution is 6.02. The molecule has 0 aliphatic heterocycles. The van der Waals surface area contributed by atoms with Gasteiger partial charge in [-0.25, -0.2) is 4.79 Å². The Morgan fingerprint density at radius 2 is 1.63 bits per heavy atom. The van der Waals surface area contributed by atoms with E-state index in [9.17, 15) is 19.7 Å². The highest BCUT2D eigenvalue weighted by Crippen LogP contribution is 2.15. The van der Waals surface area contributed by atoms with E-state index in [0.29, 0.717) is 22.7 Å². The second-order valence-electron chi connectivity index (χ2n) is 6.14. The van der Waals surface area contributed by atoms with Gasteiger partial charge in [-0.2, -0.15) is 0 Å². The lowest BCUT2D eigenvalue weighted by atomic mass is 10.2. The van der Waals surface area contributed by atoms with Gasteiger partial charge in [0.15, 0.2) is 0 Å². The Bertz CT molecular complexity index is 1040. The molecule has 0 saturated carbocycles. The highest BCUT2D eigenvalue weighted by atomic mass is 16.6. The molecule has 3 N–H and O–H groups in total. The maximum Gasteiger partial charge on any atom is 0.319 e. The number of benzene rings is 2. The molecule has 3 amide bonds. The molecule has 9 heteroatoms. The zero-order chi connectivity index (χ0) is 21.3. The molecule has 1 heterocycles. The van der Waals surface area contributed by atoms with E-state index in [-0.39, 0.29) is 24.2 Å². The highest BCUT2D eigenvalue weighted by Gasteiger charge is 2.05. The predicted molar refractivity (Wildman–Crippen MR) is 112 cm³/mol. The molecule has 0 unspecified atom stereocenters. The quantitative estimate of drug-likeness (QED) is 0.308. The first-order valence-corrected chi connectivity index (χ1v) is 8.90. The zero-order valence-electron chi connectivity index (χ0n) is 15.7. The monoisotopic (exact) mass is 406 g/mol. The molecule has 30 heavy (non-hydrogen) atoms. The summed E-state index contributed by atoms with van der Waals surface area (Å²) in [6.45, 7) is 0.272. The normalized spacial score (nSPS) is 10.5. The number of amides is 3. The number of urea groups is 1. The summed E-state index contributed by atoms with van der Waals surface area (Å²) in [5.74, 6) is 0.287. The van der Waals surface area contributed by atoms with Crippen molar-refractivity contribution in [2.45, 2.75) is 6.54 Å². The van der Waals surface area contributed by atoms with Crippen molar-refractivity contribution < 1.29 is 18.9 Å². The third-order valence-corrected chi connectivity index (χ3v) is 3.94. The minimum Gasteiger partial charge on any atom is -0.467 e. The summed E-state index contributed by atoms with van der Waals surface area (Å²) >= 11 is 0. The number of anilines is 2. The van der Waals surface area contributed by atoms with E-state index < -0.39 is 4.92 Å². The lowest BCUT2D eigenvalue weighted by Gasteiger charge is -2.08. The molecule has 0 bridgehead atoms. The molecular weight excluding hydrogens is 388 g/mol. The minimum atomic E-state index is -0.485. The number of nitro benzene ring substituents is 1. The smallest absolute Gasteiger partial charge is 0.319 e. The Morgan fingerprint density at radius 3 is 2.23 bits per heavy atom. The maximum absolute atomic E-state index is 12.0. The molecule has 2 aromatic carbocycles. The van der Waals surface area contributed by atoms with Crippen molar-refractivity contribution in [1.82, 2.24) is 5.32 Å². The van der Waals surface area contributed by atoms with Crippen LogP contribution in [0.1, 0.15) is 11.3 Å². The molecule has 0 fully saturated rings. The third kappa shape index (κ3) is 6.06. The second kappa shape index (κ2) is 9.69. The van der Waals surface area contributed by atoms with E-state index in [2.05, 4.69) is 16.0 Å². The molecule has 0 radical (unpaired) electrons. The van der Waals surface area contributed by atoms with Gasteiger partial charge in [-0.05, 0) is 60.2 Å². The average Bonchev–Trinajstić information content (AvgIpc) is 3.26. The first kappa shape index (κ1) is 20.3. The number of furan rings is 1. The zero-order valence-corrected chi connectivity index (χ0v) is 15.7. The minimum absolute atomic E-state index is 0.0139. The van der Waals surface area contributed by atoms with Crippen LogP contribution in [0, 0.1) is 10.1 Å². The van der Waals surface area contributed by atoms with Crippen LogP contribution in [0.5, 0.6) is 0 Å². The summed E-state index contributed by atoms with van der Waals surface area (Å²) < 4.78 is 5.13. The van der Waals surface area contributed by atoms with Crippen molar-refractivity contribution in [2.75, 3.05) is 10.6 Å². The van der Waals surface area contributed by atoms with Crippen LogP contribution in [0.3, 0.4) is 0 Å². The number of rotatable bonds is 7. The topological polar surface area (TPSA) is 127 Å². The van der Waals surface area contributed by atoms with Crippen LogP contribution < -0.4 is 16.0 Å². The predicted octanol–water partition coefficient (Wildman–Crippen LogP) is 4.16. The van der Waals surface area contributed by atoms with E-state index in [1.165, 1.54) is 24.5 Å². The molecule has 0 aliphatic carbocycles. The third-order valence-electron chi connectivity index (χ3n) is 3.94. The Kier molecular flexibility index (Phi) is 6.57. The summed E-state index contributed by atoms with van der Waals surface area (Å²) in [4.78, 5) is 34.0. The molecule has 152 valence electrons. The van der Waals surface area contributed by atoms with Crippen LogP contribution >= 0.6 is 0 Å². The van der Waals surface area contributed by atoms with Crippen molar-refractivity contribution in [3.05, 3.63) is 94.4 Å². The first-order valence-electron chi connectivity index (χ1n) is 8.90. The van der Waals surface area contributed by atoms with Gasteiger partial charge >= 0.3 is 6.03 Å². The van der Waals surface area contributed by atoms with Gasteiger partial charge in [0.2, 0.25) is 5.91 Å². The maximum atomic E-state index is 12.0. The van der Waals surface area contributed by atoms with Gasteiger partial charge in [-0.1, -0.05) is 0 Å². The summed E-state index contributed by atoms with van der Waals surface area (Å²) in [5.41, 5.74) is 1.76. The number of nitrogens with zero attached hydrogens (tertiary/aromatic N) is 1. The van der Waals surface area contributed by atoms with Crippen molar-refractivity contribution in [1.29, 1.82) is 0 Å². The molecule has 9 nitrogen and oxygen atoms in total. The lowest BCUT2D eigenvalue weighted by molar-refractivity contribution is -0.384. The van der Waals surface area contributed by atoms with Gasteiger partial charge in [0, 0.05) is 29.6 Å². The standard InChI is InChI=1S/C21H18N4O5/c26-20(12-5-15-3-10-18(11-4-15)25(28)29)23-16-6-8-17(9-7-16)24-21(27)22-14-19-2-1-13-30-19/h1-13H,14H2,(H,23,26)(H2,22,24,27)/b12-5+. The van der Waals surface area contributed by atoms with E-state index in [1.807, 2.05) is 0 Å². The number of carbonyl (C=O) groups excluding carboxylic acids is 2. The van der Waals surface area contributed by atoms with E-state index in [0.717, 1.165) is 0 Å². The van der Waals surface area contributed by atoms with Crippen LogP contribution in [-0.2, 0) is 11.3 Å². The fourth-order valence-electron chi connectivity index (χ4n) is 2.46. The number of hydrogen-bond donors (Lipinski definition) is 3. The van der Waals surface area contributed by atoms with Crippen LogP contribution in [0.15, 0.2) is 77.4 Å². The van der Waals surface area contributed by atoms with Gasteiger partial charge < -0.3 is 20.4 Å². The number of non-ortho nitro benzene ring substituents is 1. The van der Waals surface area contributed by atoms with Crippen LogP contribution in [-0.4, -0.2) is 16.9 Å². The lowest BCUT2D eigenvalue weighted by Crippen LogP contribution is -2.27. The van der Waals surface area contributed by atoms with Gasteiger partial charge in [0.1, 0.15) is 5.76 Å². The second-order valence-corrected chi connectivity index (χ2v) is 6.14. The molecule has 3 aromatic rings. The first-order chi connectivity index (χ1) is 14.5. The van der Waals surface area contributed by atoms with Gasteiger partial charge in [0.05, 0.1) is 17.7 Å². The van der Waals surface area contributed by atoms with Gasteiger partial charge in [-0.15, -0.1) is 0 Å². The molecule has 1 aromatic heterocycles. The Balaban J connectivity index is 1.47. The Hall–Kier alpha value is -4.40. The van der Waals surface area contributed by atoms with Crippen LogP contribution in [0.4, 0.5) is 21.9 Å². The number of nitro groups is 1. The summed E-state index contributed by atoms with van der Waals surface area (Å²) in [6.07, 6.45) is 4.41. The molecule has 0 atom stereocenters. The van der Waals surface area contributed by atoms with E-state index >= 15 is 0 Å². The molecule has 3 rings (SSSR count). The fraction of sp³-hybridized carbons (Fsp3) is 0.0476. The number of hydrogen-bond acceptors (Lipinski definition) is 5. The van der Waals surface area contributed by atoms with Crippen molar-refractivity contribution >= 4 is 35.1 Å². The largest absolute Gasteiger partial charge is 0.467 e. The number of nitrogens with one attached hydrogen (secondary N) is 3. The molecule has 0 saturated heterocycles. The fourth-order valence-corrected chi connectivity index (χ4v) is 2.46.